The summed E-state index contributed by atoms with van der Waals surface area (Å²) in [6, 6.07) is 4.75. The molecule has 0 spiro atoms. The number of likely N-dealkylation sites (N-methyl/N-ethyl adjacent to an activating group) is 1. The summed E-state index contributed by atoms with van der Waals surface area (Å²) in [5.41, 5.74) is 6.63. The number of nitrogens with two attached hydrogens (primary N) is 1. The lowest BCUT2D eigenvalue weighted by molar-refractivity contribution is 0.0788. The van der Waals surface area contributed by atoms with Gasteiger partial charge in [0.25, 0.3) is 5.91 Å². The van der Waals surface area contributed by atoms with E-state index in [1.165, 1.54) is 6.07 Å². The Kier molecular flexibility index (Phi) is 4.45. The predicted octanol–water partition coefficient (Wildman–Crippen LogP) is 1.45. The van der Waals surface area contributed by atoms with E-state index in [1.54, 1.807) is 24.0 Å². The second kappa shape index (κ2) is 5.63. The summed E-state index contributed by atoms with van der Waals surface area (Å²) >= 11 is 4.80. The van der Waals surface area contributed by atoms with Gasteiger partial charge in [-0.1, -0.05) is 12.2 Å². The average Bonchev–Trinajstić information content (AvgIpc) is 2.28. The van der Waals surface area contributed by atoms with Crippen molar-refractivity contribution in [1.29, 1.82) is 0 Å². The van der Waals surface area contributed by atoms with Crippen LogP contribution in [-0.4, -0.2) is 34.0 Å². The zero-order chi connectivity index (χ0) is 13.0. The summed E-state index contributed by atoms with van der Waals surface area (Å²) < 4.78 is 0. The summed E-state index contributed by atoms with van der Waals surface area (Å²) in [4.78, 5) is 14.0. The Hall–Kier alpha value is -1.62. The molecule has 0 aliphatic rings. The molecule has 0 radical (unpaired) electrons. The number of nitrogens with zero attached hydrogens (tertiary/aromatic N) is 1. The van der Waals surface area contributed by atoms with Crippen molar-refractivity contribution in [2.45, 2.75) is 13.8 Å². The molecule has 1 amide bonds. The first-order valence-corrected chi connectivity index (χ1v) is 5.73. The fourth-order valence-electron chi connectivity index (χ4n) is 1.49. The van der Waals surface area contributed by atoms with Gasteiger partial charge in [0.1, 0.15) is 5.75 Å². The molecule has 0 aliphatic carbocycles. The van der Waals surface area contributed by atoms with E-state index in [0.717, 1.165) is 0 Å². The van der Waals surface area contributed by atoms with Gasteiger partial charge in [-0.25, -0.2) is 0 Å². The first-order valence-electron chi connectivity index (χ1n) is 5.33. The molecule has 0 bridgehead atoms. The van der Waals surface area contributed by atoms with Crippen molar-refractivity contribution in [2.75, 3.05) is 13.1 Å². The SMILES string of the molecule is CCN(CC(N)=S)C(=O)c1ccc(O)c(C)c1. The van der Waals surface area contributed by atoms with Gasteiger partial charge in [0, 0.05) is 12.1 Å². The highest BCUT2D eigenvalue weighted by molar-refractivity contribution is 7.80. The second-order valence-electron chi connectivity index (χ2n) is 3.79. The molecule has 0 heterocycles. The molecule has 1 aromatic rings. The fraction of sp³-hybridized carbons (Fsp3) is 0.333. The Morgan fingerprint density at radius 2 is 2.18 bits per heavy atom. The standard InChI is InChI=1S/C12H16N2O2S/c1-3-14(7-11(13)17)12(16)9-4-5-10(15)8(2)6-9/h4-6,15H,3,7H2,1-2H3,(H2,13,17). The lowest BCUT2D eigenvalue weighted by atomic mass is 10.1. The minimum atomic E-state index is -0.136. The summed E-state index contributed by atoms with van der Waals surface area (Å²) in [5, 5.41) is 9.40. The van der Waals surface area contributed by atoms with Crippen molar-refractivity contribution in [2.24, 2.45) is 5.73 Å². The number of carbonyl (C=O) groups is 1. The van der Waals surface area contributed by atoms with Gasteiger partial charge in [0.15, 0.2) is 0 Å². The van der Waals surface area contributed by atoms with Crippen molar-refractivity contribution in [1.82, 2.24) is 4.90 Å². The van der Waals surface area contributed by atoms with Crippen LogP contribution in [0.4, 0.5) is 0 Å². The Labute approximate surface area is 106 Å². The molecule has 0 saturated carbocycles. The molecule has 1 aromatic carbocycles. The summed E-state index contributed by atoms with van der Waals surface area (Å²) in [5.74, 6) is 0.0438. The number of aromatic hydroxyl groups is 1. The number of amides is 1. The highest BCUT2D eigenvalue weighted by Gasteiger charge is 2.15. The second-order valence-corrected chi connectivity index (χ2v) is 4.31. The summed E-state index contributed by atoms with van der Waals surface area (Å²) in [6.45, 7) is 4.42. The smallest absolute Gasteiger partial charge is 0.254 e. The van der Waals surface area contributed by atoms with E-state index in [4.69, 9.17) is 18.0 Å². The topological polar surface area (TPSA) is 66.6 Å². The quantitative estimate of drug-likeness (QED) is 0.796. The third-order valence-electron chi connectivity index (χ3n) is 2.46. The number of benzene rings is 1. The minimum absolute atomic E-state index is 0.136. The van der Waals surface area contributed by atoms with Gasteiger partial charge in [-0.3, -0.25) is 4.79 Å². The lowest BCUT2D eigenvalue weighted by Crippen LogP contribution is -2.37. The first-order chi connectivity index (χ1) is 7.95. The number of thiocarbonyl (C=S) groups is 1. The number of carbonyl (C=O) groups excluding carboxylic acids is 1. The van der Waals surface area contributed by atoms with Crippen LogP contribution in [0, 0.1) is 6.92 Å². The van der Waals surface area contributed by atoms with Crippen molar-refractivity contribution < 1.29 is 9.90 Å². The number of phenolic OH excluding ortho intramolecular Hbond substituents is 1. The Morgan fingerprint density at radius 3 is 2.65 bits per heavy atom. The number of hydrogen-bond donors (Lipinski definition) is 2. The van der Waals surface area contributed by atoms with Gasteiger partial charge in [0.05, 0.1) is 11.5 Å². The van der Waals surface area contributed by atoms with Crippen LogP contribution in [0.25, 0.3) is 0 Å². The van der Waals surface area contributed by atoms with Crippen molar-refractivity contribution in [3.63, 3.8) is 0 Å². The van der Waals surface area contributed by atoms with Gasteiger partial charge in [-0.05, 0) is 37.6 Å². The maximum absolute atomic E-state index is 12.1. The molecule has 0 atom stereocenters. The van der Waals surface area contributed by atoms with Crippen molar-refractivity contribution >= 4 is 23.1 Å². The molecule has 0 saturated heterocycles. The molecule has 17 heavy (non-hydrogen) atoms. The summed E-state index contributed by atoms with van der Waals surface area (Å²) in [6.07, 6.45) is 0. The first kappa shape index (κ1) is 13.4. The molecule has 1 rings (SSSR count). The largest absolute Gasteiger partial charge is 0.508 e. The van der Waals surface area contributed by atoms with Crippen LogP contribution in [0.3, 0.4) is 0 Å². The molecular formula is C12H16N2O2S. The van der Waals surface area contributed by atoms with E-state index in [0.29, 0.717) is 17.7 Å². The maximum atomic E-state index is 12.1. The molecule has 0 fully saturated rings. The fourth-order valence-corrected chi connectivity index (χ4v) is 1.64. The molecule has 0 unspecified atom stereocenters. The van der Waals surface area contributed by atoms with Gasteiger partial charge >= 0.3 is 0 Å². The molecule has 0 aliphatic heterocycles. The Morgan fingerprint density at radius 1 is 1.53 bits per heavy atom. The highest BCUT2D eigenvalue weighted by atomic mass is 32.1. The molecule has 92 valence electrons. The zero-order valence-corrected chi connectivity index (χ0v) is 10.8. The van der Waals surface area contributed by atoms with E-state index in [-0.39, 0.29) is 23.2 Å². The van der Waals surface area contributed by atoms with Gasteiger partial charge in [-0.2, -0.15) is 0 Å². The number of phenols is 1. The van der Waals surface area contributed by atoms with E-state index in [2.05, 4.69) is 0 Å². The zero-order valence-electron chi connectivity index (χ0n) is 9.93. The van der Waals surface area contributed by atoms with E-state index in [1.807, 2.05) is 6.92 Å². The van der Waals surface area contributed by atoms with Gasteiger partial charge in [-0.15, -0.1) is 0 Å². The van der Waals surface area contributed by atoms with Crippen LogP contribution in [-0.2, 0) is 0 Å². The molecule has 3 N–H and O–H groups in total. The average molecular weight is 252 g/mol. The van der Waals surface area contributed by atoms with Crippen LogP contribution in [0.5, 0.6) is 5.75 Å². The van der Waals surface area contributed by atoms with Crippen molar-refractivity contribution in [3.05, 3.63) is 29.3 Å². The van der Waals surface area contributed by atoms with Crippen LogP contribution < -0.4 is 5.73 Å². The Balaban J connectivity index is 2.93. The van der Waals surface area contributed by atoms with E-state index < -0.39 is 0 Å². The van der Waals surface area contributed by atoms with Crippen LogP contribution in [0.2, 0.25) is 0 Å². The minimum Gasteiger partial charge on any atom is -0.508 e. The normalized spacial score (nSPS) is 10.0. The van der Waals surface area contributed by atoms with Gasteiger partial charge in [0.2, 0.25) is 0 Å². The van der Waals surface area contributed by atoms with E-state index >= 15 is 0 Å². The number of aryl methyl sites for hydroxylation is 1. The van der Waals surface area contributed by atoms with E-state index in [9.17, 15) is 9.90 Å². The Bertz CT molecular complexity index is 446. The highest BCUT2D eigenvalue weighted by Crippen LogP contribution is 2.18. The summed E-state index contributed by atoms with van der Waals surface area (Å²) in [7, 11) is 0. The monoisotopic (exact) mass is 252 g/mol. The third-order valence-corrected chi connectivity index (χ3v) is 2.59. The predicted molar refractivity (Wildman–Crippen MR) is 71.2 cm³/mol. The number of rotatable bonds is 4. The third kappa shape index (κ3) is 3.42. The van der Waals surface area contributed by atoms with Crippen LogP contribution >= 0.6 is 12.2 Å². The molecular weight excluding hydrogens is 236 g/mol. The van der Waals surface area contributed by atoms with Gasteiger partial charge < -0.3 is 15.7 Å². The van der Waals surface area contributed by atoms with Crippen LogP contribution in [0.1, 0.15) is 22.8 Å². The van der Waals surface area contributed by atoms with Crippen LogP contribution in [0.15, 0.2) is 18.2 Å². The van der Waals surface area contributed by atoms with Crippen molar-refractivity contribution in [3.8, 4) is 5.75 Å². The maximum Gasteiger partial charge on any atom is 0.254 e. The molecule has 5 heteroatoms. The molecule has 0 aromatic heterocycles. The lowest BCUT2D eigenvalue weighted by Gasteiger charge is -2.20. The number of hydrogen-bond acceptors (Lipinski definition) is 3. The molecule has 4 nitrogen and oxygen atoms in total.